The van der Waals surface area contributed by atoms with Crippen LogP contribution in [-0.2, 0) is 4.74 Å². The van der Waals surface area contributed by atoms with Gasteiger partial charge >= 0.3 is 5.97 Å². The summed E-state index contributed by atoms with van der Waals surface area (Å²) in [7, 11) is 1.08. The number of methoxy groups -OCH3 is 1. The predicted octanol–water partition coefficient (Wildman–Crippen LogP) is 2.28. The van der Waals surface area contributed by atoms with Gasteiger partial charge in [-0.2, -0.15) is 5.26 Å². The number of ether oxygens (including phenoxy) is 1. The Kier molecular flexibility index (Phi) is 4.12. The number of nitrogens with zero attached hydrogens (tertiary/aromatic N) is 2. The van der Waals surface area contributed by atoms with E-state index in [9.17, 15) is 13.6 Å². The summed E-state index contributed by atoms with van der Waals surface area (Å²) in [6.45, 7) is 0. The SMILES string of the molecule is COC(=O)c1c(C(F)F)cnc(C#N)c1I. The van der Waals surface area contributed by atoms with Crippen molar-refractivity contribution in [2.24, 2.45) is 0 Å². The van der Waals surface area contributed by atoms with Crippen molar-refractivity contribution >= 4 is 28.6 Å². The van der Waals surface area contributed by atoms with E-state index in [-0.39, 0.29) is 14.8 Å². The van der Waals surface area contributed by atoms with Gasteiger partial charge in [0.15, 0.2) is 5.69 Å². The van der Waals surface area contributed by atoms with Crippen molar-refractivity contribution in [1.29, 1.82) is 5.26 Å². The first-order valence-electron chi connectivity index (χ1n) is 3.97. The fourth-order valence-electron chi connectivity index (χ4n) is 1.05. The summed E-state index contributed by atoms with van der Waals surface area (Å²) >= 11 is 1.62. The first kappa shape index (κ1) is 12.8. The van der Waals surface area contributed by atoms with Crippen LogP contribution in [0.15, 0.2) is 6.20 Å². The Hall–Kier alpha value is -1.30. The van der Waals surface area contributed by atoms with Crippen molar-refractivity contribution in [2.75, 3.05) is 7.11 Å². The quantitative estimate of drug-likeness (QED) is 0.613. The van der Waals surface area contributed by atoms with Crippen LogP contribution in [0.5, 0.6) is 0 Å². The van der Waals surface area contributed by atoms with E-state index in [1.165, 1.54) is 0 Å². The van der Waals surface area contributed by atoms with Gasteiger partial charge in [-0.3, -0.25) is 0 Å². The van der Waals surface area contributed by atoms with Crippen molar-refractivity contribution < 1.29 is 18.3 Å². The fraction of sp³-hybridized carbons (Fsp3) is 0.222. The minimum atomic E-state index is -2.84. The average molecular weight is 338 g/mol. The van der Waals surface area contributed by atoms with Gasteiger partial charge in [-0.15, -0.1) is 0 Å². The van der Waals surface area contributed by atoms with Gasteiger partial charge in [0.2, 0.25) is 0 Å². The second-order valence-electron chi connectivity index (χ2n) is 2.66. The van der Waals surface area contributed by atoms with Crippen molar-refractivity contribution in [3.05, 3.63) is 26.6 Å². The molecule has 1 aromatic rings. The van der Waals surface area contributed by atoms with E-state index in [2.05, 4.69) is 9.72 Å². The molecule has 4 nitrogen and oxygen atoms in total. The fourth-order valence-corrected chi connectivity index (χ4v) is 1.84. The summed E-state index contributed by atoms with van der Waals surface area (Å²) in [5.74, 6) is -0.904. The largest absolute Gasteiger partial charge is 0.465 e. The number of aromatic nitrogens is 1. The molecule has 0 fully saturated rings. The molecule has 0 spiro atoms. The van der Waals surface area contributed by atoms with Crippen LogP contribution in [0.4, 0.5) is 8.78 Å². The minimum absolute atomic E-state index is 0.0738. The Morgan fingerprint density at radius 1 is 1.69 bits per heavy atom. The highest BCUT2D eigenvalue weighted by Gasteiger charge is 2.24. The number of carbonyl (C=O) groups is 1. The number of esters is 1. The molecule has 0 bridgehead atoms. The summed E-state index contributed by atoms with van der Waals surface area (Å²) in [4.78, 5) is 14.9. The second-order valence-corrected chi connectivity index (χ2v) is 3.73. The number of alkyl halides is 2. The molecule has 0 N–H and O–H groups in total. The Labute approximate surface area is 103 Å². The normalized spacial score (nSPS) is 10.0. The summed E-state index contributed by atoms with van der Waals surface area (Å²) in [5.41, 5.74) is -0.912. The molecule has 16 heavy (non-hydrogen) atoms. The van der Waals surface area contributed by atoms with Gasteiger partial charge in [-0.25, -0.2) is 18.6 Å². The number of nitriles is 1. The van der Waals surface area contributed by atoms with Crippen molar-refractivity contribution in [1.82, 2.24) is 4.98 Å². The molecule has 0 saturated carbocycles. The van der Waals surface area contributed by atoms with Crippen LogP contribution in [-0.4, -0.2) is 18.1 Å². The van der Waals surface area contributed by atoms with E-state index in [1.807, 2.05) is 0 Å². The summed E-state index contributed by atoms with van der Waals surface area (Å²) < 4.78 is 29.7. The van der Waals surface area contributed by atoms with Gasteiger partial charge in [-0.1, -0.05) is 0 Å². The molecule has 0 aliphatic heterocycles. The van der Waals surface area contributed by atoms with E-state index in [4.69, 9.17) is 5.26 Å². The number of rotatable bonds is 2. The lowest BCUT2D eigenvalue weighted by Gasteiger charge is -2.09. The molecule has 84 valence electrons. The lowest BCUT2D eigenvalue weighted by atomic mass is 10.1. The number of carbonyl (C=O) groups excluding carboxylic acids is 1. The highest BCUT2D eigenvalue weighted by Crippen LogP contribution is 2.27. The standard InChI is InChI=1S/C9H5F2IN2O2/c1-16-9(15)6-4(8(10)11)3-14-5(2-13)7(6)12/h3,8H,1H3. The monoisotopic (exact) mass is 338 g/mol. The lowest BCUT2D eigenvalue weighted by Crippen LogP contribution is -2.11. The maximum Gasteiger partial charge on any atom is 0.339 e. The van der Waals surface area contributed by atoms with Gasteiger partial charge in [0.05, 0.1) is 21.8 Å². The van der Waals surface area contributed by atoms with E-state index in [0.717, 1.165) is 13.3 Å². The summed E-state index contributed by atoms with van der Waals surface area (Å²) in [6, 6.07) is 1.71. The van der Waals surface area contributed by atoms with E-state index in [0.29, 0.717) is 0 Å². The number of halogens is 3. The Morgan fingerprint density at radius 2 is 2.31 bits per heavy atom. The van der Waals surface area contributed by atoms with Crippen LogP contribution in [0, 0.1) is 14.9 Å². The zero-order chi connectivity index (χ0) is 12.3. The third-order valence-corrected chi connectivity index (χ3v) is 2.83. The smallest absolute Gasteiger partial charge is 0.339 e. The predicted molar refractivity (Wildman–Crippen MR) is 58.0 cm³/mol. The number of hydrogen-bond acceptors (Lipinski definition) is 4. The van der Waals surface area contributed by atoms with Crippen LogP contribution in [0.3, 0.4) is 0 Å². The molecule has 1 rings (SSSR count). The molecule has 0 radical (unpaired) electrons. The van der Waals surface area contributed by atoms with Gasteiger partial charge in [0.25, 0.3) is 6.43 Å². The van der Waals surface area contributed by atoms with Gasteiger partial charge in [-0.05, 0) is 22.6 Å². The zero-order valence-electron chi connectivity index (χ0n) is 8.00. The van der Waals surface area contributed by atoms with E-state index < -0.39 is 18.0 Å². The number of hydrogen-bond donors (Lipinski definition) is 0. The van der Waals surface area contributed by atoms with Crippen LogP contribution in [0.1, 0.15) is 28.0 Å². The Morgan fingerprint density at radius 3 is 2.75 bits per heavy atom. The molecular formula is C9H5F2IN2O2. The second kappa shape index (κ2) is 5.16. The lowest BCUT2D eigenvalue weighted by molar-refractivity contribution is 0.0587. The molecule has 1 aromatic heterocycles. The van der Waals surface area contributed by atoms with E-state index in [1.54, 1.807) is 28.7 Å². The molecule has 0 aromatic carbocycles. The molecule has 0 saturated heterocycles. The zero-order valence-corrected chi connectivity index (χ0v) is 10.2. The van der Waals surface area contributed by atoms with Crippen molar-refractivity contribution in [3.63, 3.8) is 0 Å². The van der Waals surface area contributed by atoms with E-state index >= 15 is 0 Å². The summed E-state index contributed by atoms with van der Waals surface area (Å²) in [6.07, 6.45) is -2.03. The number of pyridine rings is 1. The Bertz CT molecular complexity index is 471. The molecule has 0 unspecified atom stereocenters. The van der Waals surface area contributed by atoms with Gasteiger partial charge in [0, 0.05) is 6.20 Å². The topological polar surface area (TPSA) is 63.0 Å². The third kappa shape index (κ3) is 2.27. The van der Waals surface area contributed by atoms with Crippen molar-refractivity contribution in [3.8, 4) is 6.07 Å². The molecule has 0 atom stereocenters. The molecule has 0 aliphatic carbocycles. The maximum absolute atomic E-state index is 12.6. The molecule has 1 heterocycles. The van der Waals surface area contributed by atoms with Crippen LogP contribution >= 0.6 is 22.6 Å². The molecule has 0 aliphatic rings. The highest BCUT2D eigenvalue weighted by molar-refractivity contribution is 14.1. The minimum Gasteiger partial charge on any atom is -0.465 e. The van der Waals surface area contributed by atoms with Gasteiger partial charge in [0.1, 0.15) is 6.07 Å². The molecule has 0 amide bonds. The maximum atomic E-state index is 12.6. The Balaban J connectivity index is 3.50. The van der Waals surface area contributed by atoms with Crippen molar-refractivity contribution in [2.45, 2.75) is 6.43 Å². The first-order chi connectivity index (χ1) is 7.52. The van der Waals surface area contributed by atoms with Crippen LogP contribution in [0.2, 0.25) is 0 Å². The molecular weight excluding hydrogens is 333 g/mol. The van der Waals surface area contributed by atoms with Crippen LogP contribution < -0.4 is 0 Å². The summed E-state index contributed by atoms with van der Waals surface area (Å²) in [5, 5.41) is 8.67. The first-order valence-corrected chi connectivity index (χ1v) is 5.05. The van der Waals surface area contributed by atoms with Gasteiger partial charge < -0.3 is 4.74 Å². The average Bonchev–Trinajstić information content (AvgIpc) is 2.27. The molecule has 7 heteroatoms. The third-order valence-electron chi connectivity index (χ3n) is 1.78. The highest BCUT2D eigenvalue weighted by atomic mass is 127. The van der Waals surface area contributed by atoms with Crippen LogP contribution in [0.25, 0.3) is 0 Å².